The van der Waals surface area contributed by atoms with Crippen molar-refractivity contribution in [1.29, 1.82) is 0 Å². The molecule has 4 nitrogen and oxygen atoms in total. The van der Waals surface area contributed by atoms with Crippen LogP contribution in [-0.2, 0) is 0 Å². The Hall–Kier alpha value is -0.910. The Morgan fingerprint density at radius 1 is 1.56 bits per heavy atom. The first-order valence-corrected chi connectivity index (χ1v) is 4.69. The number of halogens is 3. The Kier molecular flexibility index (Phi) is 6.25. The molecule has 0 bridgehead atoms. The van der Waals surface area contributed by atoms with Crippen LogP contribution in [0.3, 0.4) is 0 Å². The van der Waals surface area contributed by atoms with Crippen LogP contribution in [0.2, 0.25) is 5.02 Å². The second-order valence-corrected chi connectivity index (χ2v) is 3.48. The third-order valence-electron chi connectivity index (χ3n) is 2.01. The number of alkyl halides is 1. The first kappa shape index (κ1) is 15.1. The van der Waals surface area contributed by atoms with Gasteiger partial charge in [-0.2, -0.15) is 0 Å². The lowest BCUT2D eigenvalue weighted by atomic mass is 10.0. The molecular weight excluding hydrogens is 258 g/mol. The number of hydrogen-bond acceptors (Lipinski definition) is 3. The molecule has 0 spiro atoms. The average Bonchev–Trinajstić information content (AvgIpc) is 2.17. The standard InChI is InChI=1S/C9H10ClFN2O2.ClH/c10-6-1-2-9(13(14)15)7(5-6)8(12)3-4-11;/h1-2,5,8H,3-4,12H2;1H/t8-;/m1./s1. The molecular formula is C9H11Cl2FN2O2. The van der Waals surface area contributed by atoms with Gasteiger partial charge in [-0.1, -0.05) is 11.6 Å². The number of nitro groups is 1. The summed E-state index contributed by atoms with van der Waals surface area (Å²) >= 11 is 5.69. The van der Waals surface area contributed by atoms with E-state index in [0.717, 1.165) is 0 Å². The summed E-state index contributed by atoms with van der Waals surface area (Å²) in [6.45, 7) is -0.620. The van der Waals surface area contributed by atoms with Crippen LogP contribution in [0.15, 0.2) is 18.2 Å². The van der Waals surface area contributed by atoms with E-state index >= 15 is 0 Å². The summed E-state index contributed by atoms with van der Waals surface area (Å²) in [5, 5.41) is 11.0. The normalized spacial score (nSPS) is 11.7. The molecule has 1 atom stereocenters. The Labute approximate surface area is 103 Å². The van der Waals surface area contributed by atoms with Crippen molar-refractivity contribution in [3.63, 3.8) is 0 Å². The minimum Gasteiger partial charge on any atom is -0.324 e. The number of rotatable bonds is 4. The van der Waals surface area contributed by atoms with Crippen LogP contribution in [0.25, 0.3) is 0 Å². The van der Waals surface area contributed by atoms with Crippen LogP contribution in [-0.4, -0.2) is 11.6 Å². The first-order chi connectivity index (χ1) is 7.06. The second-order valence-electron chi connectivity index (χ2n) is 3.04. The lowest BCUT2D eigenvalue weighted by Crippen LogP contribution is -2.13. The number of nitrogens with two attached hydrogens (primary N) is 1. The molecule has 1 rings (SSSR count). The molecule has 0 unspecified atom stereocenters. The van der Waals surface area contributed by atoms with E-state index in [-0.39, 0.29) is 30.1 Å². The second kappa shape index (κ2) is 6.62. The summed E-state index contributed by atoms with van der Waals surface area (Å²) < 4.78 is 12.1. The predicted octanol–water partition coefficient (Wildman–Crippen LogP) is 3.03. The minimum atomic E-state index is -0.700. The number of nitro benzene ring substituents is 1. The molecule has 1 aromatic rings. The molecule has 2 N–H and O–H groups in total. The van der Waals surface area contributed by atoms with Crippen LogP contribution in [0.4, 0.5) is 10.1 Å². The van der Waals surface area contributed by atoms with E-state index in [1.165, 1.54) is 18.2 Å². The van der Waals surface area contributed by atoms with Crippen LogP contribution in [0, 0.1) is 10.1 Å². The third-order valence-corrected chi connectivity index (χ3v) is 2.24. The SMILES string of the molecule is Cl.N[C@H](CCF)c1cc(Cl)ccc1[N+](=O)[O-]. The molecule has 0 amide bonds. The van der Waals surface area contributed by atoms with Gasteiger partial charge in [-0.15, -0.1) is 12.4 Å². The molecule has 0 aliphatic carbocycles. The van der Waals surface area contributed by atoms with Crippen LogP contribution in [0.5, 0.6) is 0 Å². The molecule has 0 radical (unpaired) electrons. The molecule has 0 saturated heterocycles. The number of hydrogen-bond donors (Lipinski definition) is 1. The summed E-state index contributed by atoms with van der Waals surface area (Å²) in [5.41, 5.74) is 5.75. The lowest BCUT2D eigenvalue weighted by Gasteiger charge is -2.10. The van der Waals surface area contributed by atoms with Gasteiger partial charge in [0.2, 0.25) is 0 Å². The van der Waals surface area contributed by atoms with E-state index in [9.17, 15) is 14.5 Å². The van der Waals surface area contributed by atoms with Gasteiger partial charge in [0.25, 0.3) is 5.69 Å². The van der Waals surface area contributed by atoms with Crippen molar-refractivity contribution in [1.82, 2.24) is 0 Å². The van der Waals surface area contributed by atoms with E-state index in [1.807, 2.05) is 0 Å². The van der Waals surface area contributed by atoms with Crippen LogP contribution in [0.1, 0.15) is 18.0 Å². The van der Waals surface area contributed by atoms with Crippen LogP contribution < -0.4 is 5.73 Å². The molecule has 0 aliphatic rings. The Balaban J connectivity index is 0.00000225. The zero-order chi connectivity index (χ0) is 11.4. The molecule has 0 heterocycles. The summed E-state index contributed by atoms with van der Waals surface area (Å²) in [6.07, 6.45) is 0.0428. The fourth-order valence-electron chi connectivity index (χ4n) is 1.26. The van der Waals surface area contributed by atoms with E-state index < -0.39 is 17.6 Å². The molecule has 0 aromatic heterocycles. The maximum Gasteiger partial charge on any atom is 0.274 e. The topological polar surface area (TPSA) is 69.2 Å². The van der Waals surface area contributed by atoms with Gasteiger partial charge in [0.1, 0.15) is 0 Å². The molecule has 90 valence electrons. The van der Waals surface area contributed by atoms with Crippen molar-refractivity contribution in [2.45, 2.75) is 12.5 Å². The lowest BCUT2D eigenvalue weighted by molar-refractivity contribution is -0.385. The third kappa shape index (κ3) is 3.59. The summed E-state index contributed by atoms with van der Waals surface area (Å²) in [7, 11) is 0. The quantitative estimate of drug-likeness (QED) is 0.674. The largest absolute Gasteiger partial charge is 0.324 e. The van der Waals surface area contributed by atoms with Gasteiger partial charge in [0.05, 0.1) is 11.6 Å². The molecule has 0 saturated carbocycles. The van der Waals surface area contributed by atoms with Gasteiger partial charge in [-0.05, 0) is 18.6 Å². The average molecular weight is 269 g/mol. The highest BCUT2D eigenvalue weighted by Gasteiger charge is 2.19. The predicted molar refractivity (Wildman–Crippen MR) is 62.9 cm³/mol. The highest BCUT2D eigenvalue weighted by molar-refractivity contribution is 6.30. The van der Waals surface area contributed by atoms with Gasteiger partial charge in [-0.3, -0.25) is 14.5 Å². The minimum absolute atomic E-state index is 0. The van der Waals surface area contributed by atoms with Gasteiger partial charge in [-0.25, -0.2) is 0 Å². The monoisotopic (exact) mass is 268 g/mol. The van der Waals surface area contributed by atoms with Crippen molar-refractivity contribution in [3.05, 3.63) is 38.9 Å². The van der Waals surface area contributed by atoms with Crippen LogP contribution >= 0.6 is 24.0 Å². The number of benzene rings is 1. The maximum atomic E-state index is 12.1. The van der Waals surface area contributed by atoms with Crippen molar-refractivity contribution >= 4 is 29.7 Å². The van der Waals surface area contributed by atoms with Crippen molar-refractivity contribution in [3.8, 4) is 0 Å². The molecule has 1 aromatic carbocycles. The van der Waals surface area contributed by atoms with E-state index in [0.29, 0.717) is 5.02 Å². The molecule has 0 fully saturated rings. The molecule has 0 aliphatic heterocycles. The molecule has 7 heteroatoms. The summed E-state index contributed by atoms with van der Waals surface area (Å²) in [4.78, 5) is 10.1. The Morgan fingerprint density at radius 3 is 2.69 bits per heavy atom. The fourth-order valence-corrected chi connectivity index (χ4v) is 1.44. The van der Waals surface area contributed by atoms with E-state index in [2.05, 4.69) is 0 Å². The zero-order valence-corrected chi connectivity index (χ0v) is 9.80. The first-order valence-electron chi connectivity index (χ1n) is 4.31. The fraction of sp³-hybridized carbons (Fsp3) is 0.333. The van der Waals surface area contributed by atoms with Gasteiger partial charge in [0, 0.05) is 22.7 Å². The zero-order valence-electron chi connectivity index (χ0n) is 8.23. The van der Waals surface area contributed by atoms with Gasteiger partial charge in [0.15, 0.2) is 0 Å². The van der Waals surface area contributed by atoms with Gasteiger partial charge >= 0.3 is 0 Å². The van der Waals surface area contributed by atoms with E-state index in [4.69, 9.17) is 17.3 Å². The highest BCUT2D eigenvalue weighted by Crippen LogP contribution is 2.28. The molecule has 16 heavy (non-hydrogen) atoms. The Bertz CT molecular complexity index is 377. The van der Waals surface area contributed by atoms with Crippen molar-refractivity contribution < 1.29 is 9.31 Å². The summed E-state index contributed by atoms with van der Waals surface area (Å²) in [5.74, 6) is 0. The van der Waals surface area contributed by atoms with Crippen molar-refractivity contribution in [2.24, 2.45) is 5.73 Å². The van der Waals surface area contributed by atoms with E-state index in [1.54, 1.807) is 0 Å². The summed E-state index contributed by atoms with van der Waals surface area (Å²) in [6, 6.07) is 3.38. The maximum absolute atomic E-state index is 12.1. The Morgan fingerprint density at radius 2 is 2.19 bits per heavy atom. The highest BCUT2D eigenvalue weighted by atomic mass is 35.5. The smallest absolute Gasteiger partial charge is 0.274 e. The van der Waals surface area contributed by atoms with Gasteiger partial charge < -0.3 is 5.73 Å². The van der Waals surface area contributed by atoms with Crippen molar-refractivity contribution in [2.75, 3.05) is 6.67 Å². The number of nitrogens with zero attached hydrogens (tertiary/aromatic N) is 1.